The Morgan fingerprint density at radius 3 is 2.44 bits per heavy atom. The molecule has 7 nitrogen and oxygen atoms in total. The van der Waals surface area contributed by atoms with Gasteiger partial charge in [0, 0.05) is 43.1 Å². The summed E-state index contributed by atoms with van der Waals surface area (Å²) in [5, 5.41) is 0. The maximum atomic E-state index is 12.9. The van der Waals surface area contributed by atoms with E-state index in [1.54, 1.807) is 6.33 Å². The van der Waals surface area contributed by atoms with Crippen LogP contribution in [0.4, 0.5) is 0 Å². The quantitative estimate of drug-likeness (QED) is 0.732. The molecule has 1 aromatic carbocycles. The van der Waals surface area contributed by atoms with Gasteiger partial charge >= 0.3 is 0 Å². The maximum Gasteiger partial charge on any atom is 0.255 e. The van der Waals surface area contributed by atoms with Crippen molar-refractivity contribution in [1.29, 1.82) is 0 Å². The molecule has 7 heteroatoms. The smallest absolute Gasteiger partial charge is 0.255 e. The zero-order valence-electron chi connectivity index (χ0n) is 15.6. The Hall–Kier alpha value is -3.09. The second kappa shape index (κ2) is 6.90. The molecule has 2 aromatic heterocycles. The molecule has 0 unspecified atom stereocenters. The zero-order chi connectivity index (χ0) is 19.0. The van der Waals surface area contributed by atoms with Crippen molar-refractivity contribution in [3.8, 4) is 0 Å². The van der Waals surface area contributed by atoms with Crippen molar-refractivity contribution in [2.45, 2.75) is 20.3 Å². The fraction of sp³-hybridized carbons (Fsp3) is 0.350. The Morgan fingerprint density at radius 2 is 1.74 bits per heavy atom. The summed E-state index contributed by atoms with van der Waals surface area (Å²) in [4.78, 5) is 39.8. The molecule has 27 heavy (non-hydrogen) atoms. The van der Waals surface area contributed by atoms with Gasteiger partial charge in [-0.25, -0.2) is 4.98 Å². The number of aromatic amines is 2. The van der Waals surface area contributed by atoms with Crippen molar-refractivity contribution in [1.82, 2.24) is 24.8 Å². The molecule has 140 valence electrons. The minimum absolute atomic E-state index is 0.00512. The molecule has 1 fully saturated rings. The van der Waals surface area contributed by atoms with E-state index in [0.717, 1.165) is 34.4 Å². The summed E-state index contributed by atoms with van der Waals surface area (Å²) in [7, 11) is 0. The highest BCUT2D eigenvalue weighted by molar-refractivity contribution is 5.98. The van der Waals surface area contributed by atoms with E-state index in [2.05, 4.69) is 15.0 Å². The number of benzene rings is 1. The lowest BCUT2D eigenvalue weighted by Crippen LogP contribution is -2.37. The number of amides is 2. The highest BCUT2D eigenvalue weighted by Crippen LogP contribution is 2.17. The number of nitrogens with zero attached hydrogens (tertiary/aromatic N) is 3. The summed E-state index contributed by atoms with van der Waals surface area (Å²) in [5.41, 5.74) is 4.93. The highest BCUT2D eigenvalue weighted by Gasteiger charge is 2.25. The zero-order valence-corrected chi connectivity index (χ0v) is 15.6. The largest absolute Gasteiger partial charge is 0.362 e. The van der Waals surface area contributed by atoms with E-state index >= 15 is 0 Å². The van der Waals surface area contributed by atoms with E-state index < -0.39 is 0 Å². The molecule has 1 saturated heterocycles. The first-order valence-electron chi connectivity index (χ1n) is 9.21. The molecule has 3 heterocycles. The Bertz CT molecular complexity index is 1000. The minimum Gasteiger partial charge on any atom is -0.362 e. The summed E-state index contributed by atoms with van der Waals surface area (Å²) in [5.74, 6) is 0.0273. The maximum absolute atomic E-state index is 12.9. The molecule has 4 rings (SSSR count). The number of aryl methyl sites for hydroxylation is 2. The fourth-order valence-electron chi connectivity index (χ4n) is 3.69. The first-order valence-corrected chi connectivity index (χ1v) is 9.21. The second-order valence-electron chi connectivity index (χ2n) is 7.06. The topological polar surface area (TPSA) is 85.1 Å². The molecule has 0 aliphatic carbocycles. The number of fused-ring (bicyclic) bond motifs is 1. The first kappa shape index (κ1) is 17.3. The third-order valence-electron chi connectivity index (χ3n) is 5.12. The number of aromatic nitrogens is 3. The van der Waals surface area contributed by atoms with Gasteiger partial charge in [0.05, 0.1) is 22.9 Å². The molecular weight excluding hydrogens is 342 g/mol. The van der Waals surface area contributed by atoms with Crippen molar-refractivity contribution in [3.63, 3.8) is 0 Å². The predicted octanol–water partition coefficient (Wildman–Crippen LogP) is 2.50. The second-order valence-corrected chi connectivity index (χ2v) is 7.06. The van der Waals surface area contributed by atoms with Crippen LogP contribution < -0.4 is 0 Å². The molecule has 2 amide bonds. The molecule has 3 aromatic rings. The van der Waals surface area contributed by atoms with Crippen LogP contribution in [-0.2, 0) is 0 Å². The summed E-state index contributed by atoms with van der Waals surface area (Å²) < 4.78 is 0. The van der Waals surface area contributed by atoms with Crippen LogP contribution in [0.3, 0.4) is 0 Å². The Morgan fingerprint density at radius 1 is 1.00 bits per heavy atom. The highest BCUT2D eigenvalue weighted by atomic mass is 16.2. The summed E-state index contributed by atoms with van der Waals surface area (Å²) in [6.45, 7) is 6.25. The molecule has 0 saturated carbocycles. The molecule has 2 N–H and O–H groups in total. The average Bonchev–Trinajstić information content (AvgIpc) is 3.17. The lowest BCUT2D eigenvalue weighted by Gasteiger charge is -2.22. The van der Waals surface area contributed by atoms with E-state index in [1.165, 1.54) is 0 Å². The van der Waals surface area contributed by atoms with Crippen LogP contribution in [0.1, 0.15) is 38.5 Å². The first-order chi connectivity index (χ1) is 13.0. The van der Waals surface area contributed by atoms with Crippen LogP contribution >= 0.6 is 0 Å². The summed E-state index contributed by atoms with van der Waals surface area (Å²) in [6, 6.07) is 7.39. The predicted molar refractivity (Wildman–Crippen MR) is 103 cm³/mol. The Kier molecular flexibility index (Phi) is 4.43. The summed E-state index contributed by atoms with van der Waals surface area (Å²) >= 11 is 0. The number of nitrogens with one attached hydrogen (secondary N) is 2. The molecule has 0 atom stereocenters. The number of H-pyrrole nitrogens is 2. The fourth-order valence-corrected chi connectivity index (χ4v) is 3.69. The Labute approximate surface area is 157 Å². The number of hydrogen-bond acceptors (Lipinski definition) is 3. The van der Waals surface area contributed by atoms with Gasteiger partial charge < -0.3 is 19.8 Å². The monoisotopic (exact) mass is 365 g/mol. The lowest BCUT2D eigenvalue weighted by atomic mass is 10.1. The Balaban J connectivity index is 1.47. The molecule has 1 aliphatic rings. The van der Waals surface area contributed by atoms with Crippen LogP contribution in [0.25, 0.3) is 11.0 Å². The van der Waals surface area contributed by atoms with Gasteiger partial charge in [-0.3, -0.25) is 9.59 Å². The van der Waals surface area contributed by atoms with Gasteiger partial charge in [0.15, 0.2) is 0 Å². The van der Waals surface area contributed by atoms with E-state index in [1.807, 2.05) is 47.9 Å². The SMILES string of the molecule is Cc1cc(C(=O)N2CCCN(C(=O)c3ccc4nc[nH]c4c3)CC2)c(C)[nH]1. The van der Waals surface area contributed by atoms with Crippen molar-refractivity contribution in [2.75, 3.05) is 26.2 Å². The van der Waals surface area contributed by atoms with Gasteiger partial charge in [-0.15, -0.1) is 0 Å². The van der Waals surface area contributed by atoms with Gasteiger partial charge in [0.25, 0.3) is 11.8 Å². The number of rotatable bonds is 2. The van der Waals surface area contributed by atoms with Crippen molar-refractivity contribution in [2.24, 2.45) is 0 Å². The number of carbonyl (C=O) groups excluding carboxylic acids is 2. The van der Waals surface area contributed by atoms with E-state index in [-0.39, 0.29) is 11.8 Å². The van der Waals surface area contributed by atoms with Crippen molar-refractivity contribution >= 4 is 22.8 Å². The number of carbonyl (C=O) groups is 2. The molecule has 0 radical (unpaired) electrons. The van der Waals surface area contributed by atoms with Crippen LogP contribution in [0.15, 0.2) is 30.6 Å². The van der Waals surface area contributed by atoms with Gasteiger partial charge in [0.1, 0.15) is 0 Å². The molecule has 0 bridgehead atoms. The minimum atomic E-state index is -0.00512. The third kappa shape index (κ3) is 3.32. The van der Waals surface area contributed by atoms with Gasteiger partial charge in [-0.05, 0) is 44.5 Å². The van der Waals surface area contributed by atoms with Gasteiger partial charge in [-0.2, -0.15) is 0 Å². The van der Waals surface area contributed by atoms with Crippen LogP contribution in [0.2, 0.25) is 0 Å². The van der Waals surface area contributed by atoms with Crippen LogP contribution in [-0.4, -0.2) is 62.7 Å². The molecule has 1 aliphatic heterocycles. The van der Waals surface area contributed by atoms with E-state index in [0.29, 0.717) is 31.7 Å². The molecule has 0 spiro atoms. The average molecular weight is 365 g/mol. The summed E-state index contributed by atoms with van der Waals surface area (Å²) in [6.07, 6.45) is 2.39. The third-order valence-corrected chi connectivity index (χ3v) is 5.12. The van der Waals surface area contributed by atoms with E-state index in [4.69, 9.17) is 0 Å². The van der Waals surface area contributed by atoms with Gasteiger partial charge in [-0.1, -0.05) is 0 Å². The van der Waals surface area contributed by atoms with Crippen LogP contribution in [0.5, 0.6) is 0 Å². The standard InChI is InChI=1S/C20H23N5O2/c1-13-10-16(14(2)23-13)20(27)25-7-3-6-24(8-9-25)19(26)15-4-5-17-18(11-15)22-12-21-17/h4-5,10-12,23H,3,6-9H2,1-2H3,(H,21,22). The van der Waals surface area contributed by atoms with Crippen molar-refractivity contribution in [3.05, 3.63) is 53.1 Å². The number of imidazole rings is 1. The number of hydrogen-bond donors (Lipinski definition) is 2. The van der Waals surface area contributed by atoms with Crippen LogP contribution in [0, 0.1) is 13.8 Å². The normalized spacial score (nSPS) is 15.2. The van der Waals surface area contributed by atoms with E-state index in [9.17, 15) is 9.59 Å². The van der Waals surface area contributed by atoms with Gasteiger partial charge in [0.2, 0.25) is 0 Å². The van der Waals surface area contributed by atoms with Crippen molar-refractivity contribution < 1.29 is 9.59 Å². The molecular formula is C20H23N5O2. The lowest BCUT2D eigenvalue weighted by molar-refractivity contribution is 0.0718.